The maximum absolute atomic E-state index is 12.9. The minimum absolute atomic E-state index is 0. The number of ether oxygens (including phenoxy) is 2. The van der Waals surface area contributed by atoms with Crippen molar-refractivity contribution in [3.8, 4) is 0 Å². The van der Waals surface area contributed by atoms with E-state index in [1.165, 1.54) is 12.1 Å². The van der Waals surface area contributed by atoms with Crippen LogP contribution < -0.4 is 5.32 Å². The summed E-state index contributed by atoms with van der Waals surface area (Å²) in [6.45, 7) is 7.59. The van der Waals surface area contributed by atoms with Crippen molar-refractivity contribution in [3.63, 3.8) is 0 Å². The second-order valence-corrected chi connectivity index (χ2v) is 8.09. The molecule has 6 nitrogen and oxygen atoms in total. The number of hydrogen-bond donors (Lipinski definition) is 1. The van der Waals surface area contributed by atoms with Gasteiger partial charge in [-0.1, -0.05) is 18.2 Å². The van der Waals surface area contributed by atoms with Crippen molar-refractivity contribution in [2.75, 3.05) is 66.2 Å². The fraction of sp³-hybridized carbons (Fsp3) is 0.682. The highest BCUT2D eigenvalue weighted by molar-refractivity contribution is 14.0. The van der Waals surface area contributed by atoms with Crippen LogP contribution in [0.25, 0.3) is 0 Å². The van der Waals surface area contributed by atoms with Crippen molar-refractivity contribution in [1.29, 1.82) is 0 Å². The summed E-state index contributed by atoms with van der Waals surface area (Å²) >= 11 is 0. The average Bonchev–Trinajstić information content (AvgIpc) is 3.27. The lowest BCUT2D eigenvalue weighted by molar-refractivity contribution is -0.137. The van der Waals surface area contributed by atoms with Gasteiger partial charge < -0.3 is 19.7 Å². The second-order valence-electron chi connectivity index (χ2n) is 8.09. The zero-order valence-corrected chi connectivity index (χ0v) is 20.9. The van der Waals surface area contributed by atoms with Crippen LogP contribution in [0.4, 0.5) is 13.2 Å². The number of hydrogen-bond acceptors (Lipinski definition) is 4. The molecule has 182 valence electrons. The molecule has 3 rings (SSSR count). The zero-order valence-electron chi connectivity index (χ0n) is 18.6. The van der Waals surface area contributed by atoms with Gasteiger partial charge in [-0.25, -0.2) is 0 Å². The molecule has 1 unspecified atom stereocenters. The van der Waals surface area contributed by atoms with E-state index >= 15 is 0 Å². The van der Waals surface area contributed by atoms with Crippen LogP contribution in [0.2, 0.25) is 0 Å². The van der Waals surface area contributed by atoms with Gasteiger partial charge in [-0.2, -0.15) is 13.2 Å². The minimum atomic E-state index is -4.30. The number of alkyl halides is 3. The predicted molar refractivity (Wildman–Crippen MR) is 129 cm³/mol. The Kier molecular flexibility index (Phi) is 11.5. The smallest absolute Gasteiger partial charge is 0.381 e. The number of benzene rings is 1. The summed E-state index contributed by atoms with van der Waals surface area (Å²) in [5.41, 5.74) is 0.101. The van der Waals surface area contributed by atoms with Crippen LogP contribution in [-0.2, 0) is 22.2 Å². The van der Waals surface area contributed by atoms with Crippen LogP contribution >= 0.6 is 24.0 Å². The van der Waals surface area contributed by atoms with E-state index in [2.05, 4.69) is 20.1 Å². The van der Waals surface area contributed by atoms with E-state index in [0.29, 0.717) is 24.6 Å². The first kappa shape index (κ1) is 27.1. The van der Waals surface area contributed by atoms with Crippen LogP contribution in [0.5, 0.6) is 0 Å². The van der Waals surface area contributed by atoms with Gasteiger partial charge in [0.15, 0.2) is 5.96 Å². The molecule has 0 aromatic heterocycles. The highest BCUT2D eigenvalue weighted by Gasteiger charge is 2.30. The molecule has 1 N–H and O–H groups in total. The van der Waals surface area contributed by atoms with Gasteiger partial charge in [-0.15, -0.1) is 24.0 Å². The topological polar surface area (TPSA) is 49.3 Å². The van der Waals surface area contributed by atoms with Gasteiger partial charge in [-0.3, -0.25) is 9.89 Å². The van der Waals surface area contributed by atoms with Crippen molar-refractivity contribution in [2.45, 2.75) is 25.6 Å². The Morgan fingerprint density at radius 3 is 2.69 bits per heavy atom. The third-order valence-electron chi connectivity index (χ3n) is 5.67. The van der Waals surface area contributed by atoms with Gasteiger partial charge in [-0.05, 0) is 24.5 Å². The molecular formula is C22H34F3IN4O2. The fourth-order valence-corrected chi connectivity index (χ4v) is 3.89. The summed E-state index contributed by atoms with van der Waals surface area (Å²) in [5.74, 6) is 1.40. The standard InChI is InChI=1S/C22H33F3N4O2.HI/c1-26-21(27-7-3-12-30-16-19-6-13-31-17-19)29-10-8-28(9-11-29)15-18-4-2-5-20(14-18)22(23,24)25;/h2,4-5,14,19H,3,6-13,15-17H2,1H3,(H,26,27);1H. The summed E-state index contributed by atoms with van der Waals surface area (Å²) in [5, 5.41) is 3.38. The average molecular weight is 570 g/mol. The quantitative estimate of drug-likeness (QED) is 0.225. The number of rotatable bonds is 8. The molecule has 0 amide bonds. The number of halogens is 4. The van der Waals surface area contributed by atoms with E-state index in [4.69, 9.17) is 9.47 Å². The molecule has 0 spiro atoms. The number of nitrogens with one attached hydrogen (secondary N) is 1. The van der Waals surface area contributed by atoms with Crippen molar-refractivity contribution in [3.05, 3.63) is 35.4 Å². The molecule has 0 saturated carbocycles. The Hall–Kier alpha value is -1.11. The highest BCUT2D eigenvalue weighted by atomic mass is 127. The Bertz CT molecular complexity index is 707. The van der Waals surface area contributed by atoms with E-state index in [1.807, 2.05) is 0 Å². The molecule has 2 saturated heterocycles. The maximum atomic E-state index is 12.9. The van der Waals surface area contributed by atoms with Gasteiger partial charge in [0.1, 0.15) is 0 Å². The summed E-state index contributed by atoms with van der Waals surface area (Å²) in [7, 11) is 1.77. The molecule has 1 atom stereocenters. The summed E-state index contributed by atoms with van der Waals surface area (Å²) < 4.78 is 49.8. The summed E-state index contributed by atoms with van der Waals surface area (Å²) in [6.07, 6.45) is -2.31. The first-order valence-electron chi connectivity index (χ1n) is 11.0. The second kappa shape index (κ2) is 13.6. The van der Waals surface area contributed by atoms with Crippen LogP contribution in [0.15, 0.2) is 29.3 Å². The molecule has 0 aliphatic carbocycles. The van der Waals surface area contributed by atoms with Gasteiger partial charge >= 0.3 is 6.18 Å². The molecule has 2 aliphatic heterocycles. The van der Waals surface area contributed by atoms with Crippen LogP contribution in [-0.4, -0.2) is 82.0 Å². The SMILES string of the molecule is CN=C(NCCCOCC1CCOC1)N1CCN(Cc2cccc(C(F)(F)F)c2)CC1.I. The summed E-state index contributed by atoms with van der Waals surface area (Å²) in [6, 6.07) is 5.59. The molecule has 2 fully saturated rings. The van der Waals surface area contributed by atoms with Crippen LogP contribution in [0, 0.1) is 5.92 Å². The molecule has 0 bridgehead atoms. The Balaban J connectivity index is 0.00000363. The molecule has 1 aromatic carbocycles. The molecule has 2 aliphatic rings. The van der Waals surface area contributed by atoms with Crippen LogP contribution in [0.3, 0.4) is 0 Å². The zero-order chi connectivity index (χ0) is 22.1. The number of piperazine rings is 1. The van der Waals surface area contributed by atoms with Crippen LogP contribution in [0.1, 0.15) is 24.0 Å². The molecular weight excluding hydrogens is 536 g/mol. The number of aliphatic imine (C=N–C) groups is 1. The van der Waals surface area contributed by atoms with Crippen molar-refractivity contribution in [1.82, 2.24) is 15.1 Å². The Morgan fingerprint density at radius 2 is 2.03 bits per heavy atom. The molecule has 1 aromatic rings. The first-order chi connectivity index (χ1) is 15.0. The van der Waals surface area contributed by atoms with Crippen molar-refractivity contribution < 1.29 is 22.6 Å². The largest absolute Gasteiger partial charge is 0.416 e. The Labute approximate surface area is 205 Å². The van der Waals surface area contributed by atoms with Crippen molar-refractivity contribution >= 4 is 29.9 Å². The minimum Gasteiger partial charge on any atom is -0.381 e. The fourth-order valence-electron chi connectivity index (χ4n) is 3.89. The van der Waals surface area contributed by atoms with Gasteiger partial charge in [0.05, 0.1) is 18.8 Å². The van der Waals surface area contributed by atoms with Gasteiger partial charge in [0, 0.05) is 65.4 Å². The highest BCUT2D eigenvalue weighted by Crippen LogP contribution is 2.29. The molecule has 2 heterocycles. The third-order valence-corrected chi connectivity index (χ3v) is 5.67. The number of nitrogens with zero attached hydrogens (tertiary/aromatic N) is 3. The molecule has 0 radical (unpaired) electrons. The Morgan fingerprint density at radius 1 is 1.25 bits per heavy atom. The van der Waals surface area contributed by atoms with Gasteiger partial charge in [0.2, 0.25) is 0 Å². The summed E-state index contributed by atoms with van der Waals surface area (Å²) in [4.78, 5) is 8.75. The number of guanidine groups is 1. The normalized spacial score (nSPS) is 20.3. The lowest BCUT2D eigenvalue weighted by Crippen LogP contribution is -2.52. The maximum Gasteiger partial charge on any atom is 0.416 e. The van der Waals surface area contributed by atoms with E-state index in [1.54, 1.807) is 13.1 Å². The first-order valence-corrected chi connectivity index (χ1v) is 11.0. The van der Waals surface area contributed by atoms with E-state index in [-0.39, 0.29) is 24.0 Å². The monoisotopic (exact) mass is 570 g/mol. The van der Waals surface area contributed by atoms with Gasteiger partial charge in [0.25, 0.3) is 0 Å². The predicted octanol–water partition coefficient (Wildman–Crippen LogP) is 3.46. The van der Waals surface area contributed by atoms with Crippen molar-refractivity contribution in [2.24, 2.45) is 10.9 Å². The molecule has 32 heavy (non-hydrogen) atoms. The van der Waals surface area contributed by atoms with E-state index in [9.17, 15) is 13.2 Å². The van der Waals surface area contributed by atoms with E-state index in [0.717, 1.165) is 77.4 Å². The molecule has 10 heteroatoms. The third kappa shape index (κ3) is 8.68. The van der Waals surface area contributed by atoms with E-state index < -0.39 is 11.7 Å². The lowest BCUT2D eigenvalue weighted by atomic mass is 10.1. The lowest BCUT2D eigenvalue weighted by Gasteiger charge is -2.36.